The highest BCUT2D eigenvalue weighted by molar-refractivity contribution is 5.97. The van der Waals surface area contributed by atoms with Crippen LogP contribution in [0.3, 0.4) is 0 Å². The van der Waals surface area contributed by atoms with E-state index < -0.39 is 34.9 Å². The Morgan fingerprint density at radius 2 is 1.78 bits per heavy atom. The van der Waals surface area contributed by atoms with Crippen molar-refractivity contribution in [2.24, 2.45) is 32.8 Å². The summed E-state index contributed by atoms with van der Waals surface area (Å²) < 4.78 is 17.5. The van der Waals surface area contributed by atoms with Crippen LogP contribution in [0.15, 0.2) is 63.8 Å². The zero-order valence-electron chi connectivity index (χ0n) is 31.3. The monoisotopic (exact) mass is 745 g/mol. The number of β-amino-alcohol motifs (C(OH)–C–C–N with tert-alkyl or cyclic N) is 1. The molecule has 0 saturated carbocycles. The molecule has 3 aliphatic heterocycles. The Morgan fingerprint density at radius 1 is 1.06 bits per heavy atom. The molecular weight excluding hydrogens is 694 g/mol. The number of ether oxygens (including phenoxy) is 3. The Balaban J connectivity index is 1.32. The molecule has 54 heavy (non-hydrogen) atoms. The molecule has 5 unspecified atom stereocenters. The summed E-state index contributed by atoms with van der Waals surface area (Å²) in [6, 6.07) is 12.7. The Labute approximate surface area is 314 Å². The number of hydrogen-bond donors (Lipinski definition) is 8. The maximum absolute atomic E-state index is 13.0. The number of rotatable bonds is 15. The average molecular weight is 746 g/mol. The number of phenolic OH excluding ortho intramolecular Hbond substituents is 2. The number of azo groups is 1. The van der Waals surface area contributed by atoms with Crippen molar-refractivity contribution < 1.29 is 39.4 Å². The number of aliphatic imine (C=N–C) groups is 1. The summed E-state index contributed by atoms with van der Waals surface area (Å²) in [5, 5.41) is 64.4. The van der Waals surface area contributed by atoms with Crippen molar-refractivity contribution >= 4 is 23.6 Å². The van der Waals surface area contributed by atoms with Gasteiger partial charge in [0.1, 0.15) is 47.2 Å². The highest BCUT2D eigenvalue weighted by Crippen LogP contribution is 2.50. The van der Waals surface area contributed by atoms with Gasteiger partial charge in [0.25, 0.3) is 5.91 Å². The van der Waals surface area contributed by atoms with Crippen molar-refractivity contribution in [3.05, 3.63) is 65.2 Å². The SMILES string of the molecule is COc1ccc(C2(CCC(C)(C)NCC(O)(c3ccc(O)c4c3OCC(=O)N4)C3COc4c(C(O)C(CCN)C(C)C)ccc(O)c4N3)N=CN=N2)cc1. The van der Waals surface area contributed by atoms with Gasteiger partial charge in [-0.3, -0.25) is 4.79 Å². The van der Waals surface area contributed by atoms with Crippen molar-refractivity contribution in [3.63, 3.8) is 0 Å². The molecular formula is C39H51N7O8. The predicted octanol–water partition coefficient (Wildman–Crippen LogP) is 4.65. The van der Waals surface area contributed by atoms with Crippen molar-refractivity contribution in [3.8, 4) is 28.7 Å². The number of fused-ring (bicyclic) bond motifs is 2. The topological polar surface area (TPSA) is 225 Å². The summed E-state index contributed by atoms with van der Waals surface area (Å²) in [4.78, 5) is 16.9. The van der Waals surface area contributed by atoms with Gasteiger partial charge in [0.05, 0.1) is 19.3 Å². The van der Waals surface area contributed by atoms with Crippen LogP contribution in [-0.4, -0.2) is 77.7 Å². The van der Waals surface area contributed by atoms with E-state index in [2.05, 4.69) is 31.2 Å². The van der Waals surface area contributed by atoms with Gasteiger partial charge in [-0.05, 0) is 81.5 Å². The predicted molar refractivity (Wildman–Crippen MR) is 203 cm³/mol. The van der Waals surface area contributed by atoms with E-state index in [1.807, 2.05) is 52.0 Å². The molecule has 3 heterocycles. The number of carbonyl (C=O) groups excluding carboxylic acids is 1. The number of nitrogens with two attached hydrogens (primary N) is 1. The number of hydrogen-bond acceptors (Lipinski definition) is 14. The second-order valence-electron chi connectivity index (χ2n) is 15.2. The van der Waals surface area contributed by atoms with Crippen molar-refractivity contribution in [1.29, 1.82) is 0 Å². The first kappa shape index (κ1) is 38.8. The van der Waals surface area contributed by atoms with E-state index in [4.69, 9.17) is 19.9 Å². The number of carbonyl (C=O) groups is 1. The van der Waals surface area contributed by atoms with Crippen LogP contribution in [0.25, 0.3) is 0 Å². The molecule has 9 N–H and O–H groups in total. The number of aliphatic hydroxyl groups is 2. The minimum Gasteiger partial charge on any atom is -0.506 e. The standard InChI is InChI=1S/C39H51N7O8/c1-22(2)25(14-17-40)34(50)26-10-12-28(47)32-35(26)53-18-30(44-32)38(51,27-11-13-29(48)33-36(27)54-19-31(49)45-33)20-41-37(3,4)15-16-39(42-21-43-46-39)23-6-8-24(52-5)9-7-23/h6-13,21-22,25,30,34,41,44,47-48,50-51H,14-20,40H2,1-5H3,(H,45,49). The molecule has 290 valence electrons. The molecule has 5 atom stereocenters. The Bertz CT molecular complexity index is 1890. The molecule has 3 aromatic carbocycles. The molecule has 0 bridgehead atoms. The summed E-state index contributed by atoms with van der Waals surface area (Å²) in [6.07, 6.45) is 2.15. The van der Waals surface area contributed by atoms with Gasteiger partial charge in [0, 0.05) is 35.2 Å². The smallest absolute Gasteiger partial charge is 0.262 e. The van der Waals surface area contributed by atoms with Gasteiger partial charge in [0.2, 0.25) is 0 Å². The molecule has 0 spiro atoms. The van der Waals surface area contributed by atoms with Gasteiger partial charge in [-0.25, -0.2) is 4.99 Å². The fraction of sp³-hybridized carbons (Fsp3) is 0.487. The molecule has 0 aliphatic carbocycles. The summed E-state index contributed by atoms with van der Waals surface area (Å²) in [5.74, 6) is 0.253. The lowest BCUT2D eigenvalue weighted by Crippen LogP contribution is -2.58. The third kappa shape index (κ3) is 7.53. The van der Waals surface area contributed by atoms with E-state index >= 15 is 0 Å². The van der Waals surface area contributed by atoms with E-state index in [1.54, 1.807) is 19.2 Å². The fourth-order valence-electron chi connectivity index (χ4n) is 7.41. The Morgan fingerprint density at radius 3 is 2.44 bits per heavy atom. The van der Waals surface area contributed by atoms with Crippen LogP contribution in [0.4, 0.5) is 11.4 Å². The number of methoxy groups -OCH3 is 1. The minimum atomic E-state index is -1.84. The molecule has 1 amide bonds. The normalized spacial score (nSPS) is 21.2. The lowest BCUT2D eigenvalue weighted by atomic mass is 9.81. The number of phenols is 2. The van der Waals surface area contributed by atoms with Crippen molar-refractivity contribution in [1.82, 2.24) is 5.32 Å². The van der Waals surface area contributed by atoms with Crippen LogP contribution >= 0.6 is 0 Å². The zero-order valence-corrected chi connectivity index (χ0v) is 31.3. The van der Waals surface area contributed by atoms with E-state index in [1.165, 1.54) is 18.5 Å². The molecule has 15 heteroatoms. The van der Waals surface area contributed by atoms with E-state index in [0.717, 1.165) is 5.56 Å². The summed E-state index contributed by atoms with van der Waals surface area (Å²) in [7, 11) is 1.61. The van der Waals surface area contributed by atoms with Gasteiger partial charge in [-0.2, -0.15) is 5.11 Å². The number of nitrogens with zero attached hydrogens (tertiary/aromatic N) is 3. The summed E-state index contributed by atoms with van der Waals surface area (Å²) >= 11 is 0. The Kier molecular flexibility index (Phi) is 11.1. The zero-order chi connectivity index (χ0) is 38.8. The number of nitrogens with one attached hydrogen (secondary N) is 3. The van der Waals surface area contributed by atoms with Crippen LogP contribution in [0, 0.1) is 11.8 Å². The van der Waals surface area contributed by atoms with Gasteiger partial charge in [-0.1, -0.05) is 26.0 Å². The Hall–Kier alpha value is -4.96. The lowest BCUT2D eigenvalue weighted by molar-refractivity contribution is -0.118. The number of anilines is 2. The van der Waals surface area contributed by atoms with Crippen molar-refractivity contribution in [2.45, 2.75) is 75.9 Å². The van der Waals surface area contributed by atoms with Gasteiger partial charge >= 0.3 is 0 Å². The molecule has 0 saturated heterocycles. The average Bonchev–Trinajstić information content (AvgIpc) is 3.66. The molecule has 0 radical (unpaired) electrons. The first-order valence-corrected chi connectivity index (χ1v) is 18.2. The van der Waals surface area contributed by atoms with Gasteiger partial charge in [-0.15, -0.1) is 5.11 Å². The van der Waals surface area contributed by atoms with E-state index in [9.17, 15) is 25.2 Å². The largest absolute Gasteiger partial charge is 0.506 e. The molecule has 0 fully saturated rings. The van der Waals surface area contributed by atoms with Crippen LogP contribution in [0.1, 0.15) is 69.8 Å². The van der Waals surface area contributed by atoms with Crippen LogP contribution < -0.4 is 35.9 Å². The highest BCUT2D eigenvalue weighted by atomic mass is 16.5. The molecule has 6 rings (SSSR count). The molecule has 3 aliphatic rings. The number of benzene rings is 3. The maximum atomic E-state index is 13.0. The molecule has 15 nitrogen and oxygen atoms in total. The van der Waals surface area contributed by atoms with Gasteiger partial charge < -0.3 is 56.3 Å². The number of aliphatic hydroxyl groups excluding tert-OH is 1. The number of aromatic hydroxyl groups is 2. The fourth-order valence-corrected chi connectivity index (χ4v) is 7.41. The first-order valence-electron chi connectivity index (χ1n) is 18.2. The molecule has 3 aromatic rings. The number of amides is 1. The third-order valence-electron chi connectivity index (χ3n) is 10.8. The van der Waals surface area contributed by atoms with Gasteiger partial charge in [0.15, 0.2) is 23.8 Å². The quantitative estimate of drug-likeness (QED) is 0.100. The lowest BCUT2D eigenvalue weighted by Gasteiger charge is -2.44. The third-order valence-corrected chi connectivity index (χ3v) is 10.8. The first-order chi connectivity index (χ1) is 25.7. The highest BCUT2D eigenvalue weighted by Gasteiger charge is 2.47. The minimum absolute atomic E-state index is 0.0392. The second-order valence-corrected chi connectivity index (χ2v) is 15.2. The molecule has 0 aromatic heterocycles. The summed E-state index contributed by atoms with van der Waals surface area (Å²) in [5.41, 5.74) is 4.38. The van der Waals surface area contributed by atoms with E-state index in [-0.39, 0.29) is 71.5 Å². The summed E-state index contributed by atoms with van der Waals surface area (Å²) in [6.45, 7) is 7.97. The maximum Gasteiger partial charge on any atom is 0.262 e. The van der Waals surface area contributed by atoms with Crippen molar-refractivity contribution in [2.75, 3.05) is 44.0 Å². The van der Waals surface area contributed by atoms with E-state index in [0.29, 0.717) is 37.1 Å². The van der Waals surface area contributed by atoms with Crippen LogP contribution in [0.2, 0.25) is 0 Å². The van der Waals surface area contributed by atoms with Crippen LogP contribution in [0.5, 0.6) is 28.7 Å². The second kappa shape index (κ2) is 15.4. The van der Waals surface area contributed by atoms with Crippen LogP contribution in [-0.2, 0) is 16.1 Å².